The Morgan fingerprint density at radius 3 is 2.17 bits per heavy atom. The number of hydrogen-bond donors (Lipinski definition) is 1. The van der Waals surface area contributed by atoms with Gasteiger partial charge in [0.1, 0.15) is 5.75 Å². The molecular weight excluding hydrogens is 349 g/mol. The topological polar surface area (TPSA) is 80.7 Å². The molecule has 0 bridgehead atoms. The van der Waals surface area contributed by atoms with E-state index < -0.39 is 34.1 Å². The van der Waals surface area contributed by atoms with Crippen LogP contribution in [0, 0.1) is 5.92 Å². The summed E-state index contributed by atoms with van der Waals surface area (Å²) in [6, 6.07) is 5.84. The highest BCUT2D eigenvalue weighted by Gasteiger charge is 2.45. The van der Waals surface area contributed by atoms with E-state index in [0.717, 1.165) is 18.4 Å². The van der Waals surface area contributed by atoms with Gasteiger partial charge in [0.05, 0.1) is 5.56 Å². The minimum Gasteiger partial charge on any atom is -0.448 e. The van der Waals surface area contributed by atoms with Crippen molar-refractivity contribution in [2.45, 2.75) is 39.0 Å². The smallest absolute Gasteiger partial charge is 0.426 e. The molecule has 1 unspecified atom stereocenters. The number of carbonyl (C=O) groups excluding carboxylic acids is 1. The lowest BCUT2D eigenvalue weighted by molar-refractivity contribution is -0.197. The van der Waals surface area contributed by atoms with Gasteiger partial charge in [0.15, 0.2) is 0 Å². The number of carbonyl (C=O) groups is 1. The molecule has 0 spiro atoms. The second-order valence-corrected chi connectivity index (χ2v) is 7.31. The Hall–Kier alpha value is -1.61. The minimum absolute atomic E-state index is 0.132. The Balaban J connectivity index is 2.81. The Kier molecular flexibility index (Phi) is 6.79. The van der Waals surface area contributed by atoms with E-state index in [2.05, 4.69) is 18.6 Å². The van der Waals surface area contributed by atoms with Crippen LogP contribution in [-0.2, 0) is 21.3 Å². The highest BCUT2D eigenvalue weighted by Crippen LogP contribution is 2.25. The summed E-state index contributed by atoms with van der Waals surface area (Å²) in [6.07, 6.45) is -6.35. The normalized spacial score (nSPS) is 13.8. The van der Waals surface area contributed by atoms with Crippen LogP contribution in [0.2, 0.25) is 0 Å². The molecule has 1 N–H and O–H groups in total. The van der Waals surface area contributed by atoms with Gasteiger partial charge < -0.3 is 4.74 Å². The van der Waals surface area contributed by atoms with Crippen LogP contribution in [0.5, 0.6) is 0 Å². The highest BCUT2D eigenvalue weighted by molar-refractivity contribution is 7.85. The van der Waals surface area contributed by atoms with E-state index in [4.69, 9.17) is 4.55 Å². The molecule has 0 aliphatic heterocycles. The van der Waals surface area contributed by atoms with Crippen molar-refractivity contribution in [1.82, 2.24) is 0 Å². The molecule has 1 atom stereocenters. The van der Waals surface area contributed by atoms with E-state index in [-0.39, 0.29) is 5.56 Å². The number of rotatable bonds is 7. The van der Waals surface area contributed by atoms with E-state index >= 15 is 0 Å². The second kappa shape index (κ2) is 7.98. The van der Waals surface area contributed by atoms with Crippen molar-refractivity contribution >= 4 is 16.1 Å². The van der Waals surface area contributed by atoms with Crippen LogP contribution >= 0.6 is 0 Å². The number of benzene rings is 1. The molecular formula is C15H19F3O5S. The lowest BCUT2D eigenvalue weighted by Gasteiger charge is -2.19. The predicted molar refractivity (Wildman–Crippen MR) is 81.3 cm³/mol. The van der Waals surface area contributed by atoms with Gasteiger partial charge in [-0.05, 0) is 36.5 Å². The van der Waals surface area contributed by atoms with Crippen LogP contribution in [0.1, 0.15) is 36.2 Å². The average Bonchev–Trinajstić information content (AvgIpc) is 2.42. The van der Waals surface area contributed by atoms with Gasteiger partial charge in [-0.3, -0.25) is 4.55 Å². The van der Waals surface area contributed by atoms with Crippen molar-refractivity contribution in [3.05, 3.63) is 35.4 Å². The molecule has 24 heavy (non-hydrogen) atoms. The van der Waals surface area contributed by atoms with E-state index in [1.165, 1.54) is 12.1 Å². The Labute approximate surface area is 138 Å². The lowest BCUT2D eigenvalue weighted by Crippen LogP contribution is -2.39. The quantitative estimate of drug-likeness (QED) is 0.590. The fourth-order valence-corrected chi connectivity index (χ4v) is 2.49. The first-order valence-electron chi connectivity index (χ1n) is 7.20. The molecule has 0 fully saturated rings. The fourth-order valence-electron chi connectivity index (χ4n) is 1.85. The highest BCUT2D eigenvalue weighted by atomic mass is 32.2. The number of halogens is 3. The zero-order valence-corrected chi connectivity index (χ0v) is 14.0. The van der Waals surface area contributed by atoms with Gasteiger partial charge in [0.2, 0.25) is 6.10 Å². The van der Waals surface area contributed by atoms with Crippen molar-refractivity contribution in [2.75, 3.05) is 5.75 Å². The monoisotopic (exact) mass is 368 g/mol. The van der Waals surface area contributed by atoms with Crippen molar-refractivity contribution in [2.24, 2.45) is 5.92 Å². The molecule has 9 heteroatoms. The summed E-state index contributed by atoms with van der Waals surface area (Å²) in [6.45, 7) is 4.11. The summed E-state index contributed by atoms with van der Waals surface area (Å²) < 4.78 is 72.2. The van der Waals surface area contributed by atoms with E-state index in [1.807, 2.05) is 0 Å². The third-order valence-corrected chi connectivity index (χ3v) is 3.90. The van der Waals surface area contributed by atoms with Gasteiger partial charge in [0, 0.05) is 0 Å². The summed E-state index contributed by atoms with van der Waals surface area (Å²) in [5.74, 6) is -2.56. The summed E-state index contributed by atoms with van der Waals surface area (Å²) in [4.78, 5) is 11.8. The first-order chi connectivity index (χ1) is 10.9. The molecule has 136 valence electrons. The van der Waals surface area contributed by atoms with E-state index in [9.17, 15) is 26.4 Å². The lowest BCUT2D eigenvalue weighted by atomic mass is 10.0. The number of aryl methyl sites for hydroxylation is 1. The minimum atomic E-state index is -5.11. The van der Waals surface area contributed by atoms with E-state index in [1.54, 1.807) is 12.1 Å². The number of hydrogen-bond acceptors (Lipinski definition) is 4. The molecule has 1 aromatic rings. The van der Waals surface area contributed by atoms with Crippen molar-refractivity contribution in [1.29, 1.82) is 0 Å². The van der Waals surface area contributed by atoms with Gasteiger partial charge in [-0.15, -0.1) is 0 Å². The fraction of sp³-hybridized carbons (Fsp3) is 0.533. The Morgan fingerprint density at radius 1 is 1.21 bits per heavy atom. The first kappa shape index (κ1) is 20.4. The molecule has 1 rings (SSSR count). The van der Waals surface area contributed by atoms with Crippen LogP contribution in [0.3, 0.4) is 0 Å². The molecule has 0 amide bonds. The summed E-state index contributed by atoms with van der Waals surface area (Å²) in [5, 5.41) is 0. The van der Waals surface area contributed by atoms with Gasteiger partial charge >= 0.3 is 12.1 Å². The Bertz CT molecular complexity index is 651. The molecule has 0 saturated carbocycles. The maximum absolute atomic E-state index is 12.7. The molecule has 0 aliphatic carbocycles. The third kappa shape index (κ3) is 7.31. The molecule has 0 aliphatic rings. The van der Waals surface area contributed by atoms with Gasteiger partial charge in [-0.2, -0.15) is 21.6 Å². The van der Waals surface area contributed by atoms with Gasteiger partial charge in [0.25, 0.3) is 10.1 Å². The largest absolute Gasteiger partial charge is 0.448 e. The number of esters is 1. The number of ether oxygens (including phenoxy) is 1. The standard InChI is InChI=1S/C15H19F3O5S/c1-10(2)3-4-11-5-7-12(8-6-11)14(19)23-13(15(16,17)18)9-24(20,21)22/h5-8,10,13H,3-4,9H2,1-2H3,(H,20,21,22). The van der Waals surface area contributed by atoms with Crippen LogP contribution in [0.25, 0.3) is 0 Å². The predicted octanol–water partition coefficient (Wildman–Crippen LogP) is 3.25. The van der Waals surface area contributed by atoms with Crippen LogP contribution < -0.4 is 0 Å². The molecule has 0 radical (unpaired) electrons. The zero-order valence-electron chi connectivity index (χ0n) is 13.2. The summed E-state index contributed by atoms with van der Waals surface area (Å²) in [5.41, 5.74) is 0.790. The maximum Gasteiger partial charge on any atom is 0.426 e. The van der Waals surface area contributed by atoms with Gasteiger partial charge in [-0.1, -0.05) is 26.0 Å². The number of alkyl halides is 3. The zero-order chi connectivity index (χ0) is 18.5. The third-order valence-electron chi connectivity index (χ3n) is 3.18. The summed E-state index contributed by atoms with van der Waals surface area (Å²) >= 11 is 0. The maximum atomic E-state index is 12.7. The average molecular weight is 368 g/mol. The van der Waals surface area contributed by atoms with Crippen molar-refractivity contribution < 1.29 is 35.7 Å². The first-order valence-corrected chi connectivity index (χ1v) is 8.81. The Morgan fingerprint density at radius 2 is 1.75 bits per heavy atom. The van der Waals surface area contributed by atoms with Crippen LogP contribution in [-0.4, -0.2) is 37.0 Å². The second-order valence-electron chi connectivity index (χ2n) is 5.81. The van der Waals surface area contributed by atoms with Crippen LogP contribution in [0.15, 0.2) is 24.3 Å². The van der Waals surface area contributed by atoms with Crippen molar-refractivity contribution in [3.63, 3.8) is 0 Å². The molecule has 0 heterocycles. The van der Waals surface area contributed by atoms with Crippen LogP contribution in [0.4, 0.5) is 13.2 Å². The molecule has 0 aromatic heterocycles. The molecule has 5 nitrogen and oxygen atoms in total. The molecule has 1 aromatic carbocycles. The SMILES string of the molecule is CC(C)CCc1ccc(C(=O)OC(CS(=O)(=O)O)C(F)(F)F)cc1. The van der Waals surface area contributed by atoms with Crippen molar-refractivity contribution in [3.8, 4) is 0 Å². The molecule has 0 saturated heterocycles. The van der Waals surface area contributed by atoms with E-state index in [0.29, 0.717) is 5.92 Å². The summed E-state index contributed by atoms with van der Waals surface area (Å²) in [7, 11) is -4.95. The van der Waals surface area contributed by atoms with Gasteiger partial charge in [-0.25, -0.2) is 4.79 Å².